The Morgan fingerprint density at radius 2 is 2.00 bits per heavy atom. The van der Waals surface area contributed by atoms with Crippen LogP contribution in [0.5, 0.6) is 0 Å². The summed E-state index contributed by atoms with van der Waals surface area (Å²) in [4.78, 5) is 0. The van der Waals surface area contributed by atoms with Gasteiger partial charge in [-0.05, 0) is 42.9 Å². The monoisotopic (exact) mass is 267 g/mol. The summed E-state index contributed by atoms with van der Waals surface area (Å²) in [7, 11) is 0. The van der Waals surface area contributed by atoms with Crippen LogP contribution in [0.3, 0.4) is 0 Å². The molecule has 2 aliphatic carbocycles. The summed E-state index contributed by atoms with van der Waals surface area (Å²) in [5.74, 6) is 0.849. The maximum Gasteiger partial charge on any atom is 0.105 e. The minimum Gasteiger partial charge on any atom is -0.386 e. The molecule has 0 aromatic carbocycles. The zero-order valence-electron chi connectivity index (χ0n) is 12.8. The van der Waals surface area contributed by atoms with Crippen LogP contribution >= 0.6 is 0 Å². The van der Waals surface area contributed by atoms with Gasteiger partial charge < -0.3 is 15.2 Å². The maximum absolute atomic E-state index is 10.6. The molecule has 19 heavy (non-hydrogen) atoms. The lowest BCUT2D eigenvalue weighted by molar-refractivity contribution is -0.0313. The average Bonchev–Trinajstić information content (AvgIpc) is 2.85. The third kappa shape index (κ3) is 1.81. The Morgan fingerprint density at radius 3 is 2.47 bits per heavy atom. The molecule has 3 nitrogen and oxygen atoms in total. The van der Waals surface area contributed by atoms with E-state index in [1.165, 1.54) is 19.3 Å². The standard InChI is InChI=1S/C16H29NO2/c1-11-16(18,7-8-19-11)10-17-13-9-12-5-6-15(13,4)14(12,2)3/h11-13,17-18H,5-10H2,1-4H3. The van der Waals surface area contributed by atoms with Crippen LogP contribution in [-0.2, 0) is 4.74 Å². The van der Waals surface area contributed by atoms with Crippen LogP contribution in [0.15, 0.2) is 0 Å². The Morgan fingerprint density at radius 1 is 1.26 bits per heavy atom. The van der Waals surface area contributed by atoms with Crippen molar-refractivity contribution in [3.63, 3.8) is 0 Å². The lowest BCUT2D eigenvalue weighted by atomic mass is 9.69. The summed E-state index contributed by atoms with van der Waals surface area (Å²) in [5.41, 5.74) is 0.157. The summed E-state index contributed by atoms with van der Waals surface area (Å²) in [6.45, 7) is 10.7. The largest absolute Gasteiger partial charge is 0.386 e. The SMILES string of the molecule is CC1OCCC1(O)CNC1CC2CCC1(C)C2(C)C. The van der Waals surface area contributed by atoms with Crippen molar-refractivity contribution in [3.05, 3.63) is 0 Å². The van der Waals surface area contributed by atoms with Crippen molar-refractivity contribution in [2.45, 2.75) is 71.1 Å². The Bertz CT molecular complexity index is 370. The van der Waals surface area contributed by atoms with E-state index in [-0.39, 0.29) is 6.10 Å². The highest BCUT2D eigenvalue weighted by molar-refractivity contribution is 5.13. The van der Waals surface area contributed by atoms with Gasteiger partial charge in [-0.2, -0.15) is 0 Å². The molecule has 1 aliphatic heterocycles. The van der Waals surface area contributed by atoms with Crippen LogP contribution in [0, 0.1) is 16.7 Å². The summed E-state index contributed by atoms with van der Waals surface area (Å²) in [6.07, 6.45) is 4.70. The lowest BCUT2D eigenvalue weighted by Crippen LogP contribution is -2.52. The first-order valence-corrected chi connectivity index (χ1v) is 7.87. The highest BCUT2D eigenvalue weighted by atomic mass is 16.5. The summed E-state index contributed by atoms with van der Waals surface area (Å²) < 4.78 is 5.52. The molecule has 0 aromatic rings. The van der Waals surface area contributed by atoms with Crippen LogP contribution in [0.1, 0.15) is 53.4 Å². The second-order valence-electron chi connectivity index (χ2n) is 7.91. The number of ether oxygens (including phenoxy) is 1. The van der Waals surface area contributed by atoms with Crippen molar-refractivity contribution in [1.29, 1.82) is 0 Å². The van der Waals surface area contributed by atoms with E-state index >= 15 is 0 Å². The van der Waals surface area contributed by atoms with Crippen molar-refractivity contribution in [1.82, 2.24) is 5.32 Å². The molecule has 110 valence electrons. The molecule has 2 saturated carbocycles. The highest BCUT2D eigenvalue weighted by Gasteiger charge is 2.61. The van der Waals surface area contributed by atoms with Gasteiger partial charge in [0, 0.05) is 25.6 Å². The first-order chi connectivity index (χ1) is 8.80. The van der Waals surface area contributed by atoms with Crippen molar-refractivity contribution in [2.75, 3.05) is 13.2 Å². The minimum atomic E-state index is -0.664. The van der Waals surface area contributed by atoms with Crippen LogP contribution in [0.4, 0.5) is 0 Å². The maximum atomic E-state index is 10.6. The molecule has 3 aliphatic rings. The Balaban J connectivity index is 1.66. The van der Waals surface area contributed by atoms with Crippen molar-refractivity contribution >= 4 is 0 Å². The van der Waals surface area contributed by atoms with Gasteiger partial charge in [0.25, 0.3) is 0 Å². The van der Waals surface area contributed by atoms with Gasteiger partial charge in [-0.1, -0.05) is 20.8 Å². The Kier molecular flexibility index (Phi) is 3.05. The van der Waals surface area contributed by atoms with Gasteiger partial charge in [0.2, 0.25) is 0 Å². The molecular weight excluding hydrogens is 238 g/mol. The summed E-state index contributed by atoms with van der Waals surface area (Å²) >= 11 is 0. The lowest BCUT2D eigenvalue weighted by Gasteiger charge is -2.41. The predicted octanol–water partition coefficient (Wildman–Crippen LogP) is 2.33. The van der Waals surface area contributed by atoms with Gasteiger partial charge in [-0.15, -0.1) is 0 Å². The van der Waals surface area contributed by atoms with Gasteiger partial charge in [0.05, 0.1) is 6.10 Å². The van der Waals surface area contributed by atoms with Gasteiger partial charge in [0.15, 0.2) is 0 Å². The average molecular weight is 267 g/mol. The quantitative estimate of drug-likeness (QED) is 0.824. The minimum absolute atomic E-state index is 0.0422. The van der Waals surface area contributed by atoms with Crippen molar-refractivity contribution < 1.29 is 9.84 Å². The van der Waals surface area contributed by atoms with Crippen LogP contribution in [0.25, 0.3) is 0 Å². The number of fused-ring (bicyclic) bond motifs is 2. The van der Waals surface area contributed by atoms with E-state index in [2.05, 4.69) is 26.1 Å². The molecule has 0 amide bonds. The fourth-order valence-electron chi connectivity index (χ4n) is 4.82. The molecule has 3 rings (SSSR count). The second kappa shape index (κ2) is 4.19. The number of hydrogen-bond acceptors (Lipinski definition) is 3. The molecule has 3 fully saturated rings. The van der Waals surface area contributed by atoms with E-state index in [0.717, 1.165) is 12.3 Å². The fourth-order valence-corrected chi connectivity index (χ4v) is 4.82. The number of aliphatic hydroxyl groups is 1. The van der Waals surface area contributed by atoms with Crippen molar-refractivity contribution in [3.8, 4) is 0 Å². The van der Waals surface area contributed by atoms with E-state index in [1.54, 1.807) is 0 Å². The number of rotatable bonds is 3. The highest BCUT2D eigenvalue weighted by Crippen LogP contribution is 2.65. The molecule has 2 bridgehead atoms. The zero-order valence-corrected chi connectivity index (χ0v) is 12.8. The zero-order chi connectivity index (χ0) is 13.9. The van der Waals surface area contributed by atoms with Gasteiger partial charge in [-0.25, -0.2) is 0 Å². The fraction of sp³-hybridized carbons (Fsp3) is 1.00. The molecule has 0 aromatic heterocycles. The van der Waals surface area contributed by atoms with E-state index in [4.69, 9.17) is 4.74 Å². The van der Waals surface area contributed by atoms with Crippen LogP contribution in [0.2, 0.25) is 0 Å². The van der Waals surface area contributed by atoms with E-state index in [1.807, 2.05) is 6.92 Å². The molecule has 5 atom stereocenters. The molecular formula is C16H29NO2. The molecule has 1 saturated heterocycles. The summed E-state index contributed by atoms with van der Waals surface area (Å²) in [5, 5.41) is 14.3. The first kappa shape index (κ1) is 13.8. The third-order valence-corrected chi connectivity index (χ3v) is 7.11. The van der Waals surface area contributed by atoms with E-state index in [9.17, 15) is 5.11 Å². The normalized spacial score (nSPS) is 51.9. The number of nitrogens with one attached hydrogen (secondary N) is 1. The topological polar surface area (TPSA) is 41.5 Å². The Labute approximate surface area is 117 Å². The van der Waals surface area contributed by atoms with Gasteiger partial charge in [-0.3, -0.25) is 0 Å². The summed E-state index contributed by atoms with van der Waals surface area (Å²) in [6, 6.07) is 0.554. The second-order valence-corrected chi connectivity index (χ2v) is 7.91. The molecule has 0 radical (unpaired) electrons. The van der Waals surface area contributed by atoms with Crippen LogP contribution < -0.4 is 5.32 Å². The molecule has 3 heteroatoms. The van der Waals surface area contributed by atoms with Crippen molar-refractivity contribution in [2.24, 2.45) is 16.7 Å². The molecule has 1 heterocycles. The first-order valence-electron chi connectivity index (χ1n) is 7.87. The van der Waals surface area contributed by atoms with Gasteiger partial charge in [0.1, 0.15) is 5.60 Å². The van der Waals surface area contributed by atoms with Crippen LogP contribution in [-0.4, -0.2) is 36.0 Å². The molecule has 5 unspecified atom stereocenters. The third-order valence-electron chi connectivity index (χ3n) is 7.11. The molecule has 2 N–H and O–H groups in total. The number of hydrogen-bond donors (Lipinski definition) is 2. The van der Waals surface area contributed by atoms with E-state index in [0.29, 0.717) is 30.0 Å². The van der Waals surface area contributed by atoms with E-state index < -0.39 is 5.60 Å². The Hall–Kier alpha value is -0.120. The molecule has 0 spiro atoms. The van der Waals surface area contributed by atoms with Gasteiger partial charge >= 0.3 is 0 Å². The smallest absolute Gasteiger partial charge is 0.105 e. The predicted molar refractivity (Wildman–Crippen MR) is 76.0 cm³/mol.